The van der Waals surface area contributed by atoms with Crippen LogP contribution >= 0.6 is 34.3 Å². The van der Waals surface area contributed by atoms with E-state index >= 15 is 0 Å². The number of aromatic nitrogens is 1. The summed E-state index contributed by atoms with van der Waals surface area (Å²) in [5.74, 6) is -3.65. The van der Waals surface area contributed by atoms with Gasteiger partial charge < -0.3 is 15.9 Å². The van der Waals surface area contributed by atoms with E-state index in [4.69, 9.17) is 37.1 Å². The maximum absolute atomic E-state index is 9.10. The number of carbonyl (C=O) groups is 2. The van der Waals surface area contributed by atoms with Crippen LogP contribution in [0.3, 0.4) is 0 Å². The molecule has 0 saturated carbocycles. The smallest absolute Gasteiger partial charge is 0.414 e. The molecule has 0 spiro atoms. The molecule has 2 rings (SSSR count). The molecule has 19 heavy (non-hydrogen) atoms. The van der Waals surface area contributed by atoms with E-state index in [0.717, 1.165) is 19.9 Å². The minimum atomic E-state index is -1.82. The van der Waals surface area contributed by atoms with Crippen molar-refractivity contribution in [1.29, 1.82) is 0 Å². The second-order valence-corrected chi connectivity index (χ2v) is 5.70. The normalized spacial score (nSPS) is 9.58. The summed E-state index contributed by atoms with van der Waals surface area (Å²) in [4.78, 5) is 23.7. The van der Waals surface area contributed by atoms with Crippen molar-refractivity contribution in [3.63, 3.8) is 0 Å². The molecule has 0 saturated heterocycles. The number of aliphatic carboxylic acids is 2. The molecular weight excluding hydrogens is 312 g/mol. The number of carboxylic acids is 2. The van der Waals surface area contributed by atoms with Crippen LogP contribution in [0.1, 0.15) is 5.01 Å². The van der Waals surface area contributed by atoms with Gasteiger partial charge in [-0.15, -0.1) is 22.7 Å². The number of halogens is 1. The maximum Gasteiger partial charge on any atom is 0.414 e. The summed E-state index contributed by atoms with van der Waals surface area (Å²) in [5.41, 5.74) is 6.45. The summed E-state index contributed by atoms with van der Waals surface area (Å²) in [6.45, 7) is 0.504. The van der Waals surface area contributed by atoms with Crippen molar-refractivity contribution in [3.05, 3.63) is 26.9 Å². The number of hydrogen-bond donors (Lipinski definition) is 3. The number of carboxylic acid groups (broad SMARTS) is 2. The van der Waals surface area contributed by atoms with Gasteiger partial charge in [0.2, 0.25) is 0 Å². The quantitative estimate of drug-likeness (QED) is 0.730. The summed E-state index contributed by atoms with van der Waals surface area (Å²) < 4.78 is 0.789. The van der Waals surface area contributed by atoms with Crippen LogP contribution in [0.25, 0.3) is 10.6 Å². The Bertz CT molecular complexity index is 570. The van der Waals surface area contributed by atoms with Gasteiger partial charge in [-0.1, -0.05) is 11.6 Å². The molecule has 0 aliphatic carbocycles. The van der Waals surface area contributed by atoms with E-state index in [-0.39, 0.29) is 0 Å². The van der Waals surface area contributed by atoms with E-state index in [1.54, 1.807) is 11.3 Å². The van der Waals surface area contributed by atoms with E-state index in [0.29, 0.717) is 6.54 Å². The molecule has 0 unspecified atom stereocenters. The zero-order valence-electron chi connectivity index (χ0n) is 9.37. The molecule has 0 fully saturated rings. The van der Waals surface area contributed by atoms with Gasteiger partial charge in [-0.25, -0.2) is 14.6 Å². The van der Waals surface area contributed by atoms with E-state index in [2.05, 4.69) is 4.98 Å². The van der Waals surface area contributed by atoms with Gasteiger partial charge in [-0.3, -0.25) is 0 Å². The highest BCUT2D eigenvalue weighted by Crippen LogP contribution is 2.31. The summed E-state index contributed by atoms with van der Waals surface area (Å²) in [5, 5.41) is 17.7. The van der Waals surface area contributed by atoms with Gasteiger partial charge in [0, 0.05) is 11.9 Å². The van der Waals surface area contributed by atoms with E-state index in [9.17, 15) is 0 Å². The zero-order valence-corrected chi connectivity index (χ0v) is 11.8. The highest BCUT2D eigenvalue weighted by molar-refractivity contribution is 7.19. The zero-order chi connectivity index (χ0) is 14.4. The number of nitrogens with two attached hydrogens (primary N) is 1. The van der Waals surface area contributed by atoms with Gasteiger partial charge in [-0.05, 0) is 12.1 Å². The average molecular weight is 321 g/mol. The Hall–Kier alpha value is -1.48. The van der Waals surface area contributed by atoms with Crippen LogP contribution in [-0.4, -0.2) is 27.1 Å². The first-order chi connectivity index (χ1) is 8.93. The molecular formula is C10H9ClN2O4S2. The van der Waals surface area contributed by atoms with E-state index in [1.165, 1.54) is 11.3 Å². The monoisotopic (exact) mass is 320 g/mol. The SMILES string of the molecule is NCc1nc(-c2ccc(Cl)s2)cs1.O=C(O)C(=O)O. The fourth-order valence-corrected chi connectivity index (χ4v) is 2.72. The average Bonchev–Trinajstić information content (AvgIpc) is 2.97. The van der Waals surface area contributed by atoms with Crippen LogP contribution in [0.4, 0.5) is 0 Å². The third kappa shape index (κ3) is 4.95. The van der Waals surface area contributed by atoms with Gasteiger partial charge in [0.05, 0.1) is 14.9 Å². The highest BCUT2D eigenvalue weighted by atomic mass is 35.5. The number of hydrogen-bond acceptors (Lipinski definition) is 6. The van der Waals surface area contributed by atoms with Gasteiger partial charge >= 0.3 is 11.9 Å². The first kappa shape index (κ1) is 15.6. The van der Waals surface area contributed by atoms with Crippen molar-refractivity contribution in [2.24, 2.45) is 5.73 Å². The topological polar surface area (TPSA) is 114 Å². The predicted molar refractivity (Wildman–Crippen MR) is 73.6 cm³/mol. The molecule has 0 aromatic carbocycles. The molecule has 0 atom stereocenters. The molecule has 2 aromatic heterocycles. The lowest BCUT2D eigenvalue weighted by Gasteiger charge is -1.87. The van der Waals surface area contributed by atoms with Crippen molar-refractivity contribution in [1.82, 2.24) is 4.98 Å². The predicted octanol–water partition coefficient (Wildman–Crippen LogP) is 2.14. The molecule has 9 heteroatoms. The Morgan fingerprint density at radius 3 is 2.32 bits per heavy atom. The number of thiazole rings is 1. The Labute approximate surface area is 121 Å². The van der Waals surface area contributed by atoms with Gasteiger partial charge in [-0.2, -0.15) is 0 Å². The molecule has 0 amide bonds. The molecule has 2 aromatic rings. The Balaban J connectivity index is 0.000000258. The van der Waals surface area contributed by atoms with Gasteiger partial charge in [0.25, 0.3) is 0 Å². The van der Waals surface area contributed by atoms with Crippen molar-refractivity contribution in [3.8, 4) is 10.6 Å². The summed E-state index contributed by atoms with van der Waals surface area (Å²) in [6, 6.07) is 3.85. The Morgan fingerprint density at radius 1 is 1.32 bits per heavy atom. The lowest BCUT2D eigenvalue weighted by molar-refractivity contribution is -0.159. The molecule has 6 nitrogen and oxygen atoms in total. The lowest BCUT2D eigenvalue weighted by atomic mass is 10.4. The standard InChI is InChI=1S/C8H7ClN2S2.C2H2O4/c9-7-2-1-6(13-7)5-4-12-8(3-10)11-5;3-1(4)2(5)6/h1-2,4H,3,10H2;(H,3,4)(H,5,6). The molecule has 0 aliphatic heterocycles. The van der Waals surface area contributed by atoms with E-state index in [1.807, 2.05) is 17.5 Å². The Kier molecular flexibility index (Phi) is 5.90. The number of thiophene rings is 1. The highest BCUT2D eigenvalue weighted by Gasteiger charge is 2.05. The molecule has 0 bridgehead atoms. The van der Waals surface area contributed by atoms with Crippen molar-refractivity contribution in [2.45, 2.75) is 6.54 Å². The second-order valence-electron chi connectivity index (χ2n) is 3.04. The maximum atomic E-state index is 9.10. The Morgan fingerprint density at radius 2 is 1.95 bits per heavy atom. The van der Waals surface area contributed by atoms with Gasteiger partial charge in [0.15, 0.2) is 0 Å². The fourth-order valence-electron chi connectivity index (χ4n) is 0.970. The largest absolute Gasteiger partial charge is 0.473 e. The van der Waals surface area contributed by atoms with Crippen LogP contribution in [0.5, 0.6) is 0 Å². The third-order valence-electron chi connectivity index (χ3n) is 1.73. The first-order valence-electron chi connectivity index (χ1n) is 4.80. The lowest BCUT2D eigenvalue weighted by Crippen LogP contribution is -2.09. The second kappa shape index (κ2) is 7.19. The van der Waals surface area contributed by atoms with Crippen LogP contribution < -0.4 is 5.73 Å². The molecule has 0 radical (unpaired) electrons. The van der Waals surface area contributed by atoms with E-state index < -0.39 is 11.9 Å². The first-order valence-corrected chi connectivity index (χ1v) is 6.88. The molecule has 4 N–H and O–H groups in total. The van der Waals surface area contributed by atoms with Crippen molar-refractivity contribution >= 4 is 46.2 Å². The minimum Gasteiger partial charge on any atom is -0.473 e. The number of rotatable bonds is 2. The van der Waals surface area contributed by atoms with Crippen LogP contribution in [0, 0.1) is 0 Å². The minimum absolute atomic E-state index is 0.504. The van der Waals surface area contributed by atoms with Crippen molar-refractivity contribution in [2.75, 3.05) is 0 Å². The summed E-state index contributed by atoms with van der Waals surface area (Å²) >= 11 is 8.93. The molecule has 102 valence electrons. The van der Waals surface area contributed by atoms with Crippen LogP contribution in [0.15, 0.2) is 17.5 Å². The molecule has 2 heterocycles. The summed E-state index contributed by atoms with van der Waals surface area (Å²) in [6.07, 6.45) is 0. The number of nitrogens with zero attached hydrogens (tertiary/aromatic N) is 1. The molecule has 0 aliphatic rings. The van der Waals surface area contributed by atoms with Crippen LogP contribution in [0.2, 0.25) is 4.34 Å². The van der Waals surface area contributed by atoms with Gasteiger partial charge in [0.1, 0.15) is 5.01 Å². The fraction of sp³-hybridized carbons (Fsp3) is 0.100. The van der Waals surface area contributed by atoms with Crippen molar-refractivity contribution < 1.29 is 19.8 Å². The third-order valence-corrected chi connectivity index (χ3v) is 3.86. The summed E-state index contributed by atoms with van der Waals surface area (Å²) in [7, 11) is 0. The van der Waals surface area contributed by atoms with Crippen LogP contribution in [-0.2, 0) is 16.1 Å².